The number of hydrogen-bond acceptors (Lipinski definition) is 3. The summed E-state index contributed by atoms with van der Waals surface area (Å²) in [5.74, 6) is 0.935. The van der Waals surface area contributed by atoms with Crippen LogP contribution >= 0.6 is 0 Å². The molecule has 19 heavy (non-hydrogen) atoms. The molecule has 1 fully saturated rings. The Balaban J connectivity index is 1.70. The van der Waals surface area contributed by atoms with Crippen LogP contribution in [-0.4, -0.2) is 21.0 Å². The van der Waals surface area contributed by atoms with Gasteiger partial charge in [-0.3, -0.25) is 0 Å². The van der Waals surface area contributed by atoms with Gasteiger partial charge in [0, 0.05) is 18.8 Å². The smallest absolute Gasteiger partial charge is 0.177 e. The summed E-state index contributed by atoms with van der Waals surface area (Å²) in [5.41, 5.74) is 3.19. The van der Waals surface area contributed by atoms with Crippen molar-refractivity contribution in [3.05, 3.63) is 23.7 Å². The maximum Gasteiger partial charge on any atom is 0.177 e. The summed E-state index contributed by atoms with van der Waals surface area (Å²) in [6.07, 6.45) is 10.0. The Kier molecular flexibility index (Phi) is 3.78. The zero-order chi connectivity index (χ0) is 13.1. The molecule has 2 aromatic rings. The van der Waals surface area contributed by atoms with E-state index in [9.17, 15) is 0 Å². The van der Waals surface area contributed by atoms with E-state index in [1.54, 1.807) is 0 Å². The van der Waals surface area contributed by atoms with Crippen molar-refractivity contribution in [1.29, 1.82) is 0 Å². The molecule has 0 aliphatic heterocycles. The molecular formula is C15H22N4. The summed E-state index contributed by atoms with van der Waals surface area (Å²) in [4.78, 5) is 12.0. The summed E-state index contributed by atoms with van der Waals surface area (Å²) in [6, 6.07) is 2.76. The predicted octanol–water partition coefficient (Wildman–Crippen LogP) is 3.08. The van der Waals surface area contributed by atoms with Crippen LogP contribution < -0.4 is 5.32 Å². The molecule has 4 nitrogen and oxygen atoms in total. The number of fused-ring (bicyclic) bond motifs is 1. The standard InChI is InChI=1S/C15H22N4/c1-11-18-14-12(8-9-16-15(14)19-11)10-17-13-6-4-2-3-5-7-13/h8-9,13,17H,2-7,10H2,1H3,(H,16,18,19). The minimum absolute atomic E-state index is 0.676. The maximum absolute atomic E-state index is 4.39. The fourth-order valence-electron chi connectivity index (χ4n) is 2.96. The largest absolute Gasteiger partial charge is 0.341 e. The van der Waals surface area contributed by atoms with Gasteiger partial charge in [0.1, 0.15) is 5.82 Å². The molecule has 2 aromatic heterocycles. The Morgan fingerprint density at radius 3 is 2.84 bits per heavy atom. The van der Waals surface area contributed by atoms with Gasteiger partial charge in [-0.2, -0.15) is 0 Å². The van der Waals surface area contributed by atoms with Crippen LogP contribution in [0.5, 0.6) is 0 Å². The van der Waals surface area contributed by atoms with Crippen molar-refractivity contribution in [3.8, 4) is 0 Å². The average molecular weight is 258 g/mol. The van der Waals surface area contributed by atoms with Gasteiger partial charge in [0.15, 0.2) is 5.65 Å². The first kappa shape index (κ1) is 12.6. The lowest BCUT2D eigenvalue weighted by molar-refractivity contribution is 0.460. The third kappa shape index (κ3) is 2.95. The van der Waals surface area contributed by atoms with Gasteiger partial charge >= 0.3 is 0 Å². The van der Waals surface area contributed by atoms with Crippen LogP contribution in [0.4, 0.5) is 0 Å². The zero-order valence-corrected chi connectivity index (χ0v) is 11.6. The van der Waals surface area contributed by atoms with E-state index in [1.165, 1.54) is 44.1 Å². The van der Waals surface area contributed by atoms with E-state index in [4.69, 9.17) is 0 Å². The second-order valence-electron chi connectivity index (χ2n) is 5.56. The predicted molar refractivity (Wildman–Crippen MR) is 77.0 cm³/mol. The fourth-order valence-corrected chi connectivity index (χ4v) is 2.96. The van der Waals surface area contributed by atoms with Crippen LogP contribution in [-0.2, 0) is 6.54 Å². The van der Waals surface area contributed by atoms with Gasteiger partial charge in [0.05, 0.1) is 5.52 Å². The summed E-state index contributed by atoms with van der Waals surface area (Å²) >= 11 is 0. The normalized spacial score (nSPS) is 17.7. The lowest BCUT2D eigenvalue weighted by atomic mass is 10.1. The van der Waals surface area contributed by atoms with E-state index in [1.807, 2.05) is 13.1 Å². The second-order valence-corrected chi connectivity index (χ2v) is 5.56. The Bertz CT molecular complexity index is 538. The van der Waals surface area contributed by atoms with Crippen LogP contribution in [0.3, 0.4) is 0 Å². The Morgan fingerprint density at radius 1 is 1.26 bits per heavy atom. The van der Waals surface area contributed by atoms with Crippen LogP contribution in [0.2, 0.25) is 0 Å². The minimum atomic E-state index is 0.676. The summed E-state index contributed by atoms with van der Waals surface area (Å²) < 4.78 is 0. The van der Waals surface area contributed by atoms with Gasteiger partial charge in [-0.05, 0) is 31.4 Å². The molecule has 1 aliphatic carbocycles. The highest BCUT2D eigenvalue weighted by atomic mass is 15.0. The highest BCUT2D eigenvalue weighted by molar-refractivity contribution is 5.74. The Hall–Kier alpha value is -1.42. The number of aromatic amines is 1. The molecule has 0 radical (unpaired) electrons. The highest BCUT2D eigenvalue weighted by Gasteiger charge is 2.12. The van der Waals surface area contributed by atoms with Gasteiger partial charge in [-0.1, -0.05) is 25.7 Å². The molecule has 3 rings (SSSR count). The molecule has 0 atom stereocenters. The van der Waals surface area contributed by atoms with Crippen molar-refractivity contribution in [1.82, 2.24) is 20.3 Å². The summed E-state index contributed by atoms with van der Waals surface area (Å²) in [5, 5.41) is 3.70. The second kappa shape index (κ2) is 5.70. The van der Waals surface area contributed by atoms with Gasteiger partial charge in [-0.25, -0.2) is 9.97 Å². The molecule has 0 unspecified atom stereocenters. The fraction of sp³-hybridized carbons (Fsp3) is 0.600. The molecular weight excluding hydrogens is 236 g/mol. The lowest BCUT2D eigenvalue weighted by Crippen LogP contribution is -2.27. The molecule has 0 spiro atoms. The first-order valence-electron chi connectivity index (χ1n) is 7.36. The Morgan fingerprint density at radius 2 is 2.05 bits per heavy atom. The number of nitrogens with zero attached hydrogens (tertiary/aromatic N) is 2. The third-order valence-corrected chi connectivity index (χ3v) is 4.03. The number of imidazole rings is 1. The minimum Gasteiger partial charge on any atom is -0.341 e. The maximum atomic E-state index is 4.39. The lowest BCUT2D eigenvalue weighted by Gasteiger charge is -2.16. The van der Waals surface area contributed by atoms with Crippen molar-refractivity contribution in [2.24, 2.45) is 0 Å². The van der Waals surface area contributed by atoms with Crippen LogP contribution in [0.25, 0.3) is 11.2 Å². The molecule has 0 bridgehead atoms. The van der Waals surface area contributed by atoms with Crippen LogP contribution in [0.1, 0.15) is 49.9 Å². The van der Waals surface area contributed by atoms with E-state index in [0.717, 1.165) is 23.5 Å². The third-order valence-electron chi connectivity index (χ3n) is 4.03. The molecule has 2 N–H and O–H groups in total. The van der Waals surface area contributed by atoms with Crippen molar-refractivity contribution in [2.75, 3.05) is 0 Å². The number of aryl methyl sites for hydroxylation is 1. The molecule has 102 valence electrons. The van der Waals surface area contributed by atoms with Crippen molar-refractivity contribution >= 4 is 11.2 Å². The van der Waals surface area contributed by atoms with E-state index < -0.39 is 0 Å². The van der Waals surface area contributed by atoms with E-state index >= 15 is 0 Å². The highest BCUT2D eigenvalue weighted by Crippen LogP contribution is 2.19. The molecule has 0 aromatic carbocycles. The summed E-state index contributed by atoms with van der Waals surface area (Å²) in [7, 11) is 0. The monoisotopic (exact) mass is 258 g/mol. The summed E-state index contributed by atoms with van der Waals surface area (Å²) in [6.45, 7) is 2.88. The molecule has 2 heterocycles. The number of aromatic nitrogens is 3. The van der Waals surface area contributed by atoms with Gasteiger partial charge < -0.3 is 10.3 Å². The number of pyridine rings is 1. The SMILES string of the molecule is Cc1nc2nccc(CNC3CCCCCC3)c2[nH]1. The van der Waals surface area contributed by atoms with Crippen LogP contribution in [0.15, 0.2) is 12.3 Å². The van der Waals surface area contributed by atoms with Gasteiger partial charge in [0.25, 0.3) is 0 Å². The molecule has 0 saturated heterocycles. The molecule has 4 heteroatoms. The first-order valence-corrected chi connectivity index (χ1v) is 7.36. The molecule has 0 amide bonds. The van der Waals surface area contributed by atoms with E-state index in [-0.39, 0.29) is 0 Å². The molecule has 1 aliphatic rings. The van der Waals surface area contributed by atoms with E-state index in [2.05, 4.69) is 26.3 Å². The number of H-pyrrole nitrogens is 1. The number of rotatable bonds is 3. The van der Waals surface area contributed by atoms with Crippen molar-refractivity contribution < 1.29 is 0 Å². The quantitative estimate of drug-likeness (QED) is 0.832. The topological polar surface area (TPSA) is 53.6 Å². The Labute approximate surface area is 114 Å². The zero-order valence-electron chi connectivity index (χ0n) is 11.6. The average Bonchev–Trinajstić information content (AvgIpc) is 2.62. The van der Waals surface area contributed by atoms with E-state index in [0.29, 0.717) is 6.04 Å². The van der Waals surface area contributed by atoms with Gasteiger partial charge in [0.2, 0.25) is 0 Å². The molecule has 1 saturated carbocycles. The number of nitrogens with one attached hydrogen (secondary N) is 2. The van der Waals surface area contributed by atoms with Gasteiger partial charge in [-0.15, -0.1) is 0 Å². The van der Waals surface area contributed by atoms with Crippen molar-refractivity contribution in [3.63, 3.8) is 0 Å². The van der Waals surface area contributed by atoms with Crippen LogP contribution in [0, 0.1) is 6.92 Å². The van der Waals surface area contributed by atoms with Crippen molar-refractivity contribution in [2.45, 2.75) is 58.0 Å². The first-order chi connectivity index (χ1) is 9.33. The number of hydrogen-bond donors (Lipinski definition) is 2.